The van der Waals surface area contributed by atoms with Crippen molar-refractivity contribution in [2.24, 2.45) is 11.8 Å². The first kappa shape index (κ1) is 19.2. The number of carbonyl (C=O) groups is 1. The lowest BCUT2D eigenvalue weighted by Gasteiger charge is -2.38. The van der Waals surface area contributed by atoms with Crippen LogP contribution in [0.15, 0.2) is 24.3 Å². The van der Waals surface area contributed by atoms with E-state index in [4.69, 9.17) is 11.6 Å². The summed E-state index contributed by atoms with van der Waals surface area (Å²) in [6, 6.07) is 7.81. The molecule has 4 nitrogen and oxygen atoms in total. The topological polar surface area (TPSA) is 43.8 Å². The molecule has 1 fully saturated rings. The van der Waals surface area contributed by atoms with Crippen molar-refractivity contribution in [1.82, 2.24) is 9.80 Å². The van der Waals surface area contributed by atoms with Crippen LogP contribution in [0.25, 0.3) is 0 Å². The minimum Gasteiger partial charge on any atom is -0.396 e. The second-order valence-corrected chi connectivity index (χ2v) is 7.63. The van der Waals surface area contributed by atoms with Crippen molar-refractivity contribution in [1.29, 1.82) is 0 Å². The van der Waals surface area contributed by atoms with E-state index in [2.05, 4.69) is 19.0 Å². The van der Waals surface area contributed by atoms with Crippen LogP contribution in [0, 0.1) is 11.8 Å². The Balaban J connectivity index is 1.82. The third-order valence-corrected chi connectivity index (χ3v) is 4.88. The molecule has 1 amide bonds. The molecule has 0 aliphatic carbocycles. The Bertz CT molecular complexity index is 519. The standard InChI is InChI=1S/C19H29ClN2O2/c1-21(2)11-16-10-17(14-23)13-22(12-16)19(24)5-3-4-15-6-8-18(20)9-7-15/h6-9,16-17,23H,3-5,10-14H2,1-2H3/t16-,17-/m1/s1. The van der Waals surface area contributed by atoms with Crippen LogP contribution in [-0.4, -0.2) is 61.2 Å². The molecule has 1 heterocycles. The largest absolute Gasteiger partial charge is 0.396 e. The maximum atomic E-state index is 12.5. The number of halogens is 1. The second-order valence-electron chi connectivity index (χ2n) is 7.19. The van der Waals surface area contributed by atoms with E-state index in [1.54, 1.807) is 0 Å². The first-order valence-corrected chi connectivity index (χ1v) is 9.13. The molecule has 1 aromatic carbocycles. The molecule has 5 heteroatoms. The maximum Gasteiger partial charge on any atom is 0.222 e. The Labute approximate surface area is 150 Å². The number of hydrogen-bond acceptors (Lipinski definition) is 3. The summed E-state index contributed by atoms with van der Waals surface area (Å²) in [6.07, 6.45) is 3.30. The number of amides is 1. The molecule has 0 bridgehead atoms. The van der Waals surface area contributed by atoms with Gasteiger partial charge in [0.1, 0.15) is 0 Å². The Morgan fingerprint density at radius 1 is 1.25 bits per heavy atom. The van der Waals surface area contributed by atoms with Gasteiger partial charge >= 0.3 is 0 Å². The third-order valence-electron chi connectivity index (χ3n) is 4.63. The van der Waals surface area contributed by atoms with Gasteiger partial charge in [-0.1, -0.05) is 23.7 Å². The normalized spacial score (nSPS) is 21.3. The van der Waals surface area contributed by atoms with Gasteiger partial charge < -0.3 is 14.9 Å². The molecule has 0 radical (unpaired) electrons. The van der Waals surface area contributed by atoms with Crippen LogP contribution in [0.2, 0.25) is 5.02 Å². The number of hydrogen-bond donors (Lipinski definition) is 1. The molecular weight excluding hydrogens is 324 g/mol. The molecule has 24 heavy (non-hydrogen) atoms. The summed E-state index contributed by atoms with van der Waals surface area (Å²) in [5.41, 5.74) is 1.21. The smallest absolute Gasteiger partial charge is 0.222 e. The van der Waals surface area contributed by atoms with Gasteiger partial charge in [-0.25, -0.2) is 0 Å². The van der Waals surface area contributed by atoms with E-state index in [0.717, 1.165) is 37.4 Å². The van der Waals surface area contributed by atoms with Gasteiger partial charge in [0.25, 0.3) is 0 Å². The van der Waals surface area contributed by atoms with Gasteiger partial charge in [-0.2, -0.15) is 0 Å². The average Bonchev–Trinajstić information content (AvgIpc) is 2.55. The number of rotatable bonds is 7. The Morgan fingerprint density at radius 2 is 1.92 bits per heavy atom. The Hall–Kier alpha value is -1.10. The predicted octanol–water partition coefficient (Wildman–Crippen LogP) is 2.68. The summed E-state index contributed by atoms with van der Waals surface area (Å²) in [4.78, 5) is 16.7. The fraction of sp³-hybridized carbons (Fsp3) is 0.632. The van der Waals surface area contributed by atoms with Crippen molar-refractivity contribution < 1.29 is 9.90 Å². The van der Waals surface area contributed by atoms with E-state index in [0.29, 0.717) is 18.9 Å². The molecule has 2 rings (SSSR count). The number of aliphatic hydroxyl groups excluding tert-OH is 1. The van der Waals surface area contributed by atoms with Gasteiger partial charge in [0.05, 0.1) is 0 Å². The maximum absolute atomic E-state index is 12.5. The van der Waals surface area contributed by atoms with Crippen LogP contribution in [0.5, 0.6) is 0 Å². The number of likely N-dealkylation sites (tertiary alicyclic amines) is 1. The van der Waals surface area contributed by atoms with Crippen LogP contribution in [0.1, 0.15) is 24.8 Å². The molecule has 0 unspecified atom stereocenters. The van der Waals surface area contributed by atoms with Gasteiger partial charge in [-0.15, -0.1) is 0 Å². The van der Waals surface area contributed by atoms with Crippen molar-refractivity contribution in [3.8, 4) is 0 Å². The van der Waals surface area contributed by atoms with Gasteiger partial charge in [0.2, 0.25) is 5.91 Å². The van der Waals surface area contributed by atoms with Crippen molar-refractivity contribution in [2.45, 2.75) is 25.7 Å². The minimum absolute atomic E-state index is 0.165. The highest BCUT2D eigenvalue weighted by atomic mass is 35.5. The lowest BCUT2D eigenvalue weighted by atomic mass is 9.89. The summed E-state index contributed by atoms with van der Waals surface area (Å²) in [7, 11) is 4.11. The second kappa shape index (κ2) is 9.40. The zero-order chi connectivity index (χ0) is 17.5. The SMILES string of the molecule is CN(C)C[C@H]1C[C@@H](CO)CN(C(=O)CCCc2ccc(Cl)cc2)C1. The molecule has 0 aromatic heterocycles. The molecule has 1 aliphatic rings. The van der Waals surface area contributed by atoms with Crippen molar-refractivity contribution in [2.75, 3.05) is 40.3 Å². The first-order valence-electron chi connectivity index (χ1n) is 8.75. The number of benzene rings is 1. The zero-order valence-corrected chi connectivity index (χ0v) is 15.5. The molecule has 0 spiro atoms. The fourth-order valence-corrected chi connectivity index (χ4v) is 3.68. The number of nitrogens with zero attached hydrogens (tertiary/aromatic N) is 2. The lowest BCUT2D eigenvalue weighted by molar-refractivity contribution is -0.134. The Kier molecular flexibility index (Phi) is 7.53. The zero-order valence-electron chi connectivity index (χ0n) is 14.7. The van der Waals surface area contributed by atoms with Crippen molar-refractivity contribution in [3.63, 3.8) is 0 Å². The number of piperidine rings is 1. The van der Waals surface area contributed by atoms with E-state index in [-0.39, 0.29) is 18.4 Å². The molecule has 1 aromatic rings. The molecule has 134 valence electrons. The van der Waals surface area contributed by atoms with Crippen molar-refractivity contribution in [3.05, 3.63) is 34.9 Å². The lowest BCUT2D eigenvalue weighted by Crippen LogP contribution is -2.47. The first-order chi connectivity index (χ1) is 11.5. The predicted molar refractivity (Wildman–Crippen MR) is 98.2 cm³/mol. The molecule has 1 aliphatic heterocycles. The van der Waals surface area contributed by atoms with Gasteiger partial charge in [0.15, 0.2) is 0 Å². The summed E-state index contributed by atoms with van der Waals surface area (Å²) in [5, 5.41) is 10.3. The van der Waals surface area contributed by atoms with Crippen LogP contribution in [-0.2, 0) is 11.2 Å². The molecule has 0 saturated carbocycles. The highest BCUT2D eigenvalue weighted by Crippen LogP contribution is 2.23. The molecule has 1 N–H and O–H groups in total. The van der Waals surface area contributed by atoms with E-state index in [1.165, 1.54) is 5.56 Å². The van der Waals surface area contributed by atoms with Gasteiger partial charge in [-0.05, 0) is 62.9 Å². The highest BCUT2D eigenvalue weighted by molar-refractivity contribution is 6.30. The van der Waals surface area contributed by atoms with Crippen LogP contribution < -0.4 is 0 Å². The van der Waals surface area contributed by atoms with Crippen LogP contribution in [0.4, 0.5) is 0 Å². The third kappa shape index (κ3) is 6.08. The average molecular weight is 353 g/mol. The summed E-state index contributed by atoms with van der Waals surface area (Å²) < 4.78 is 0. The monoisotopic (exact) mass is 352 g/mol. The fourth-order valence-electron chi connectivity index (χ4n) is 3.56. The minimum atomic E-state index is 0.165. The van der Waals surface area contributed by atoms with E-state index < -0.39 is 0 Å². The number of aliphatic hydroxyl groups is 1. The Morgan fingerprint density at radius 3 is 2.54 bits per heavy atom. The van der Waals surface area contributed by atoms with Crippen molar-refractivity contribution >= 4 is 17.5 Å². The quantitative estimate of drug-likeness (QED) is 0.820. The van der Waals surface area contributed by atoms with Gasteiger partial charge in [-0.3, -0.25) is 4.79 Å². The summed E-state index contributed by atoms with van der Waals surface area (Å²) in [5.74, 6) is 0.876. The van der Waals surface area contributed by atoms with E-state index in [1.807, 2.05) is 29.2 Å². The highest BCUT2D eigenvalue weighted by Gasteiger charge is 2.29. The summed E-state index contributed by atoms with van der Waals surface area (Å²) in [6.45, 7) is 2.64. The molecular formula is C19H29ClN2O2. The van der Waals surface area contributed by atoms with E-state index >= 15 is 0 Å². The van der Waals surface area contributed by atoms with E-state index in [9.17, 15) is 9.90 Å². The molecule has 1 saturated heterocycles. The molecule has 2 atom stereocenters. The van der Waals surface area contributed by atoms with Crippen LogP contribution in [0.3, 0.4) is 0 Å². The van der Waals surface area contributed by atoms with Crippen LogP contribution >= 0.6 is 11.6 Å². The van der Waals surface area contributed by atoms with Gasteiger partial charge in [0, 0.05) is 37.7 Å². The number of aryl methyl sites for hydroxylation is 1. The number of carbonyl (C=O) groups excluding carboxylic acids is 1. The summed E-state index contributed by atoms with van der Waals surface area (Å²) >= 11 is 5.89.